The molecule has 66 valence electrons. The highest BCUT2D eigenvalue weighted by Gasteiger charge is 2.10. The van der Waals surface area contributed by atoms with Crippen LogP contribution in [-0.4, -0.2) is 17.9 Å². The molecule has 0 spiro atoms. The van der Waals surface area contributed by atoms with E-state index in [4.69, 9.17) is 0 Å². The van der Waals surface area contributed by atoms with Crippen molar-refractivity contribution < 1.29 is 4.79 Å². The maximum atomic E-state index is 11.1. The van der Waals surface area contributed by atoms with Crippen LogP contribution in [0.15, 0.2) is 6.20 Å². The predicted octanol–water partition coefficient (Wildman–Crippen LogP) is 1.63. The number of amides is 1. The number of nitrogens with zero attached hydrogens (tertiary/aromatic N) is 1. The molecule has 1 N–H and O–H groups in total. The monoisotopic (exact) mass is 184 g/mol. The van der Waals surface area contributed by atoms with Crippen LogP contribution in [0.5, 0.6) is 0 Å². The van der Waals surface area contributed by atoms with Crippen LogP contribution in [0, 0.1) is 0 Å². The highest BCUT2D eigenvalue weighted by Crippen LogP contribution is 2.21. The van der Waals surface area contributed by atoms with Crippen molar-refractivity contribution in [3.05, 3.63) is 16.1 Å². The number of hydrogen-bond donors (Lipinski definition) is 1. The van der Waals surface area contributed by atoms with E-state index in [0.29, 0.717) is 10.9 Å². The Morgan fingerprint density at radius 3 is 2.75 bits per heavy atom. The first-order valence-electron chi connectivity index (χ1n) is 3.83. The largest absolute Gasteiger partial charge is 0.353 e. The number of nitrogens with one attached hydrogen (secondary N) is 1. The van der Waals surface area contributed by atoms with Crippen molar-refractivity contribution in [2.45, 2.75) is 19.8 Å². The third-order valence-electron chi connectivity index (χ3n) is 1.51. The smallest absolute Gasteiger partial charge is 0.280 e. The van der Waals surface area contributed by atoms with E-state index in [1.807, 2.05) is 0 Å². The Balaban J connectivity index is 2.84. The van der Waals surface area contributed by atoms with Gasteiger partial charge in [-0.1, -0.05) is 13.8 Å². The molecule has 0 aromatic carbocycles. The molecular weight excluding hydrogens is 172 g/mol. The molecule has 3 nitrogen and oxygen atoms in total. The lowest BCUT2D eigenvalue weighted by atomic mass is 10.2. The predicted molar refractivity (Wildman–Crippen MR) is 49.6 cm³/mol. The Hall–Kier alpha value is -0.900. The second kappa shape index (κ2) is 3.67. The first-order chi connectivity index (χ1) is 5.65. The molecule has 0 fully saturated rings. The standard InChI is InChI=1S/C8H12N2OS/c1-5(2)6-4-10-8(12-6)7(11)9-3/h4-5H,1-3H3,(H,9,11). The molecule has 0 aliphatic heterocycles. The average molecular weight is 184 g/mol. The van der Waals surface area contributed by atoms with Gasteiger partial charge in [0.1, 0.15) is 0 Å². The van der Waals surface area contributed by atoms with Crippen molar-refractivity contribution in [2.75, 3.05) is 7.05 Å². The third kappa shape index (κ3) is 1.82. The summed E-state index contributed by atoms with van der Waals surface area (Å²) in [5, 5.41) is 3.09. The zero-order chi connectivity index (χ0) is 9.14. The van der Waals surface area contributed by atoms with Gasteiger partial charge in [-0.2, -0.15) is 0 Å². The Labute approximate surface area is 75.8 Å². The van der Waals surface area contributed by atoms with Gasteiger partial charge >= 0.3 is 0 Å². The molecular formula is C8H12N2OS. The lowest BCUT2D eigenvalue weighted by Gasteiger charge is -1.95. The minimum absolute atomic E-state index is 0.105. The SMILES string of the molecule is CNC(=O)c1ncc(C(C)C)s1. The van der Waals surface area contributed by atoms with E-state index in [1.54, 1.807) is 13.2 Å². The minimum atomic E-state index is -0.105. The molecule has 0 aliphatic carbocycles. The molecule has 0 atom stereocenters. The molecule has 0 unspecified atom stereocenters. The van der Waals surface area contributed by atoms with Gasteiger partial charge in [-0.05, 0) is 5.92 Å². The maximum Gasteiger partial charge on any atom is 0.280 e. The van der Waals surface area contributed by atoms with Gasteiger partial charge in [0, 0.05) is 18.1 Å². The van der Waals surface area contributed by atoms with Crippen molar-refractivity contribution >= 4 is 17.2 Å². The number of carbonyl (C=O) groups is 1. The van der Waals surface area contributed by atoms with E-state index in [0.717, 1.165) is 4.88 Å². The zero-order valence-corrected chi connectivity index (χ0v) is 8.23. The van der Waals surface area contributed by atoms with Gasteiger partial charge in [-0.15, -0.1) is 11.3 Å². The van der Waals surface area contributed by atoms with Crippen LogP contribution in [0.3, 0.4) is 0 Å². The fourth-order valence-electron chi connectivity index (χ4n) is 0.765. The lowest BCUT2D eigenvalue weighted by molar-refractivity contribution is 0.0962. The van der Waals surface area contributed by atoms with Crippen LogP contribution in [0.1, 0.15) is 34.4 Å². The molecule has 1 rings (SSSR count). The molecule has 1 aromatic heterocycles. The minimum Gasteiger partial charge on any atom is -0.353 e. The lowest BCUT2D eigenvalue weighted by Crippen LogP contribution is -2.17. The van der Waals surface area contributed by atoms with Gasteiger partial charge in [0.15, 0.2) is 5.01 Å². The summed E-state index contributed by atoms with van der Waals surface area (Å²) in [5.41, 5.74) is 0. The summed E-state index contributed by atoms with van der Waals surface area (Å²) in [5.74, 6) is 0.341. The number of carbonyl (C=O) groups excluding carboxylic acids is 1. The Morgan fingerprint density at radius 1 is 1.67 bits per heavy atom. The van der Waals surface area contributed by atoms with E-state index in [-0.39, 0.29) is 5.91 Å². The molecule has 12 heavy (non-hydrogen) atoms. The quantitative estimate of drug-likeness (QED) is 0.759. The molecule has 1 heterocycles. The van der Waals surface area contributed by atoms with Crippen molar-refractivity contribution in [1.29, 1.82) is 0 Å². The van der Waals surface area contributed by atoms with Gasteiger partial charge in [0.05, 0.1) is 0 Å². The summed E-state index contributed by atoms with van der Waals surface area (Å²) >= 11 is 1.45. The fraction of sp³-hybridized carbons (Fsp3) is 0.500. The first-order valence-corrected chi connectivity index (χ1v) is 4.64. The number of rotatable bonds is 2. The molecule has 0 saturated carbocycles. The maximum absolute atomic E-state index is 11.1. The van der Waals surface area contributed by atoms with E-state index in [9.17, 15) is 4.79 Å². The van der Waals surface area contributed by atoms with Crippen LogP contribution in [-0.2, 0) is 0 Å². The molecule has 0 saturated heterocycles. The Bertz CT molecular complexity index is 280. The second-order valence-corrected chi connectivity index (χ2v) is 3.86. The molecule has 4 heteroatoms. The van der Waals surface area contributed by atoms with Crippen LogP contribution in [0.25, 0.3) is 0 Å². The molecule has 1 amide bonds. The number of thiazole rings is 1. The summed E-state index contributed by atoms with van der Waals surface area (Å²) in [4.78, 5) is 16.2. The van der Waals surface area contributed by atoms with Gasteiger partial charge < -0.3 is 5.32 Å². The molecule has 0 radical (unpaired) electrons. The average Bonchev–Trinajstić information content (AvgIpc) is 2.51. The summed E-state index contributed by atoms with van der Waals surface area (Å²) in [6.45, 7) is 4.17. The van der Waals surface area contributed by atoms with Gasteiger partial charge in [0.2, 0.25) is 0 Å². The fourth-order valence-corrected chi connectivity index (χ4v) is 1.63. The van der Waals surface area contributed by atoms with Gasteiger partial charge in [0.25, 0.3) is 5.91 Å². The van der Waals surface area contributed by atoms with Crippen LogP contribution < -0.4 is 5.32 Å². The van der Waals surface area contributed by atoms with Crippen LogP contribution in [0.4, 0.5) is 0 Å². The topological polar surface area (TPSA) is 42.0 Å². The number of aromatic nitrogens is 1. The second-order valence-electron chi connectivity index (χ2n) is 2.80. The highest BCUT2D eigenvalue weighted by atomic mass is 32.1. The van der Waals surface area contributed by atoms with Crippen molar-refractivity contribution in [2.24, 2.45) is 0 Å². The van der Waals surface area contributed by atoms with E-state index < -0.39 is 0 Å². The summed E-state index contributed by atoms with van der Waals surface area (Å²) in [6, 6.07) is 0. The first kappa shape index (κ1) is 9.19. The summed E-state index contributed by atoms with van der Waals surface area (Å²) < 4.78 is 0. The number of hydrogen-bond acceptors (Lipinski definition) is 3. The Morgan fingerprint density at radius 2 is 2.33 bits per heavy atom. The Kier molecular flexibility index (Phi) is 2.81. The molecule has 0 aliphatic rings. The normalized spacial score (nSPS) is 10.3. The highest BCUT2D eigenvalue weighted by molar-refractivity contribution is 7.13. The molecule has 0 bridgehead atoms. The summed E-state index contributed by atoms with van der Waals surface area (Å²) in [6.07, 6.45) is 1.76. The van der Waals surface area contributed by atoms with Crippen molar-refractivity contribution in [3.63, 3.8) is 0 Å². The zero-order valence-electron chi connectivity index (χ0n) is 7.42. The van der Waals surface area contributed by atoms with E-state index in [1.165, 1.54) is 11.3 Å². The van der Waals surface area contributed by atoms with E-state index in [2.05, 4.69) is 24.1 Å². The van der Waals surface area contributed by atoms with Gasteiger partial charge in [-0.25, -0.2) is 4.98 Å². The van der Waals surface area contributed by atoms with E-state index >= 15 is 0 Å². The van der Waals surface area contributed by atoms with Crippen LogP contribution >= 0.6 is 11.3 Å². The summed E-state index contributed by atoms with van der Waals surface area (Å²) in [7, 11) is 1.61. The van der Waals surface area contributed by atoms with Gasteiger partial charge in [-0.3, -0.25) is 4.79 Å². The third-order valence-corrected chi connectivity index (χ3v) is 2.81. The molecule has 1 aromatic rings. The van der Waals surface area contributed by atoms with Crippen molar-refractivity contribution in [3.8, 4) is 0 Å². The van der Waals surface area contributed by atoms with Crippen LogP contribution in [0.2, 0.25) is 0 Å². The van der Waals surface area contributed by atoms with Crippen molar-refractivity contribution in [1.82, 2.24) is 10.3 Å².